The first-order valence-corrected chi connectivity index (χ1v) is 13.1. The van der Waals surface area contributed by atoms with Crippen LogP contribution in [-0.4, -0.2) is 17.1 Å². The molecule has 1 aliphatic heterocycles. The fraction of sp³-hybridized carbons (Fsp3) is 0.233. The Morgan fingerprint density at radius 1 is 1.11 bits per heavy atom. The van der Waals surface area contributed by atoms with Gasteiger partial charge in [-0.2, -0.15) is 0 Å². The molecule has 0 saturated heterocycles. The number of thiazole rings is 1. The van der Waals surface area contributed by atoms with E-state index in [1.807, 2.05) is 66.7 Å². The van der Waals surface area contributed by atoms with Crippen LogP contribution in [0.25, 0.3) is 17.4 Å². The molecule has 0 amide bonds. The van der Waals surface area contributed by atoms with Crippen molar-refractivity contribution in [2.75, 3.05) is 6.61 Å². The van der Waals surface area contributed by atoms with Crippen molar-refractivity contribution in [1.29, 1.82) is 0 Å². The number of ether oxygens (including phenoxy) is 1. The van der Waals surface area contributed by atoms with E-state index in [-0.39, 0.29) is 12.2 Å². The molecular formula is C30H28N2O4S. The number of nitrogens with zero attached hydrogens (tertiary/aromatic N) is 2. The normalized spacial score (nSPS) is 15.6. The molecule has 0 N–H and O–H groups in total. The minimum absolute atomic E-state index is 0.228. The van der Waals surface area contributed by atoms with E-state index < -0.39 is 12.0 Å². The largest absolute Gasteiger partial charge is 0.463 e. The van der Waals surface area contributed by atoms with Crippen LogP contribution in [0.2, 0.25) is 0 Å². The van der Waals surface area contributed by atoms with E-state index in [4.69, 9.17) is 9.15 Å². The quantitative estimate of drug-likeness (QED) is 0.334. The summed E-state index contributed by atoms with van der Waals surface area (Å²) in [6.45, 7) is 8.05. The van der Waals surface area contributed by atoms with E-state index >= 15 is 0 Å². The number of carbonyl (C=O) groups excluding carboxylic acids is 1. The first kappa shape index (κ1) is 24.7. The third kappa shape index (κ3) is 4.74. The predicted octanol–water partition coefficient (Wildman–Crippen LogP) is 5.18. The average Bonchev–Trinajstić information content (AvgIpc) is 3.48. The van der Waals surface area contributed by atoms with E-state index in [1.165, 1.54) is 16.9 Å². The number of esters is 1. The van der Waals surface area contributed by atoms with Gasteiger partial charge in [0.25, 0.3) is 5.56 Å². The van der Waals surface area contributed by atoms with Gasteiger partial charge >= 0.3 is 5.97 Å². The number of fused-ring (bicyclic) bond motifs is 1. The van der Waals surface area contributed by atoms with Crippen LogP contribution in [0.5, 0.6) is 0 Å². The van der Waals surface area contributed by atoms with Gasteiger partial charge in [0.1, 0.15) is 11.5 Å². The Kier molecular flexibility index (Phi) is 6.80. The second-order valence-corrected chi connectivity index (χ2v) is 10.2. The van der Waals surface area contributed by atoms with E-state index in [0.29, 0.717) is 32.3 Å². The number of carbonyl (C=O) groups is 1. The van der Waals surface area contributed by atoms with Gasteiger partial charge in [-0.25, -0.2) is 9.79 Å². The average molecular weight is 513 g/mol. The number of hydrogen-bond acceptors (Lipinski definition) is 6. The van der Waals surface area contributed by atoms with Crippen LogP contribution in [0.3, 0.4) is 0 Å². The van der Waals surface area contributed by atoms with Gasteiger partial charge in [-0.1, -0.05) is 79.8 Å². The second kappa shape index (κ2) is 10.2. The van der Waals surface area contributed by atoms with Gasteiger partial charge in [0.15, 0.2) is 4.80 Å². The molecule has 37 heavy (non-hydrogen) atoms. The fourth-order valence-electron chi connectivity index (χ4n) is 4.49. The lowest BCUT2D eigenvalue weighted by atomic mass is 9.93. The molecule has 5 rings (SSSR count). The molecular weight excluding hydrogens is 484 g/mol. The fourth-order valence-corrected chi connectivity index (χ4v) is 5.51. The zero-order chi connectivity index (χ0) is 26.1. The van der Waals surface area contributed by atoms with Crippen molar-refractivity contribution in [1.82, 2.24) is 4.57 Å². The number of allylic oxidation sites excluding steroid dienone is 1. The number of benzene rings is 2. The molecule has 0 spiro atoms. The Balaban J connectivity index is 1.64. The maximum absolute atomic E-state index is 13.8. The van der Waals surface area contributed by atoms with E-state index in [0.717, 1.165) is 16.9 Å². The maximum Gasteiger partial charge on any atom is 0.338 e. The smallest absolute Gasteiger partial charge is 0.338 e. The first-order chi connectivity index (χ1) is 17.9. The van der Waals surface area contributed by atoms with Crippen LogP contribution in [-0.2, 0) is 9.53 Å². The molecule has 1 aliphatic rings. The lowest BCUT2D eigenvalue weighted by Crippen LogP contribution is -2.39. The monoisotopic (exact) mass is 512 g/mol. The van der Waals surface area contributed by atoms with Crippen molar-refractivity contribution in [3.05, 3.63) is 115 Å². The summed E-state index contributed by atoms with van der Waals surface area (Å²) in [5, 5.41) is 0. The Labute approximate surface area is 218 Å². The molecule has 3 heterocycles. The highest BCUT2D eigenvalue weighted by atomic mass is 32.1. The molecule has 0 saturated carbocycles. The summed E-state index contributed by atoms with van der Waals surface area (Å²) in [6.07, 6.45) is 1.73. The zero-order valence-electron chi connectivity index (χ0n) is 21.2. The van der Waals surface area contributed by atoms with Crippen molar-refractivity contribution in [2.45, 2.75) is 39.7 Å². The molecule has 1 atom stereocenters. The number of aromatic nitrogens is 1. The van der Waals surface area contributed by atoms with E-state index in [9.17, 15) is 9.59 Å². The van der Waals surface area contributed by atoms with E-state index in [2.05, 4.69) is 18.8 Å². The molecule has 7 heteroatoms. The molecule has 0 aliphatic carbocycles. The third-order valence-corrected chi connectivity index (χ3v) is 7.38. The Morgan fingerprint density at radius 2 is 1.84 bits per heavy atom. The summed E-state index contributed by atoms with van der Waals surface area (Å²) in [7, 11) is 0. The van der Waals surface area contributed by atoms with Crippen molar-refractivity contribution in [2.24, 2.45) is 4.99 Å². The first-order valence-electron chi connectivity index (χ1n) is 12.3. The van der Waals surface area contributed by atoms with Gasteiger partial charge in [-0.3, -0.25) is 9.36 Å². The molecule has 0 bridgehead atoms. The summed E-state index contributed by atoms with van der Waals surface area (Å²) >= 11 is 1.28. The molecule has 188 valence electrons. The maximum atomic E-state index is 13.8. The molecule has 2 aromatic heterocycles. The van der Waals surface area contributed by atoms with Gasteiger partial charge in [0, 0.05) is 11.6 Å². The van der Waals surface area contributed by atoms with Crippen LogP contribution in [0.1, 0.15) is 56.5 Å². The van der Waals surface area contributed by atoms with Crippen LogP contribution >= 0.6 is 11.3 Å². The van der Waals surface area contributed by atoms with Crippen LogP contribution in [0, 0.1) is 0 Å². The van der Waals surface area contributed by atoms with Crippen molar-refractivity contribution >= 4 is 23.4 Å². The lowest BCUT2D eigenvalue weighted by molar-refractivity contribution is -0.139. The van der Waals surface area contributed by atoms with E-state index in [1.54, 1.807) is 24.5 Å². The molecule has 0 fully saturated rings. The number of hydrogen-bond donors (Lipinski definition) is 0. The minimum atomic E-state index is -0.629. The summed E-state index contributed by atoms with van der Waals surface area (Å²) < 4.78 is 13.5. The van der Waals surface area contributed by atoms with Gasteiger partial charge in [0.05, 0.1) is 28.5 Å². The topological polar surface area (TPSA) is 73.8 Å². The molecule has 4 aromatic rings. The zero-order valence-corrected chi connectivity index (χ0v) is 22.0. The Hall–Kier alpha value is -3.97. The molecule has 2 aromatic carbocycles. The standard InChI is InChI=1S/C30H28N2O4S/c1-5-35-29(34)26-19(4)31-30-32(27(26)22-13-11-20(12-14-22)18(2)3)28(33)25(37-30)17-23-15-16-24(36-23)21-9-7-6-8-10-21/h6-18,27H,5H2,1-4H3/b25-17-. The van der Waals surface area contributed by atoms with Crippen molar-refractivity contribution in [3.8, 4) is 11.3 Å². The number of rotatable bonds is 6. The lowest BCUT2D eigenvalue weighted by Gasteiger charge is -2.25. The van der Waals surface area contributed by atoms with Crippen molar-refractivity contribution < 1.29 is 13.9 Å². The van der Waals surface area contributed by atoms with Gasteiger partial charge in [-0.05, 0) is 43.0 Å². The molecule has 0 radical (unpaired) electrons. The summed E-state index contributed by atoms with van der Waals surface area (Å²) in [4.78, 5) is 32.0. The van der Waals surface area contributed by atoms with Crippen LogP contribution in [0.4, 0.5) is 0 Å². The minimum Gasteiger partial charge on any atom is -0.463 e. The highest BCUT2D eigenvalue weighted by Gasteiger charge is 2.33. The highest BCUT2D eigenvalue weighted by molar-refractivity contribution is 7.07. The molecule has 1 unspecified atom stereocenters. The number of furan rings is 1. The van der Waals surface area contributed by atoms with Gasteiger partial charge in [-0.15, -0.1) is 0 Å². The Morgan fingerprint density at radius 3 is 2.51 bits per heavy atom. The summed E-state index contributed by atoms with van der Waals surface area (Å²) in [6, 6.07) is 21.0. The summed E-state index contributed by atoms with van der Waals surface area (Å²) in [5.41, 5.74) is 3.67. The van der Waals surface area contributed by atoms with Gasteiger partial charge < -0.3 is 9.15 Å². The Bertz CT molecular complexity index is 1650. The van der Waals surface area contributed by atoms with Crippen LogP contribution in [0.15, 0.2) is 92.2 Å². The third-order valence-electron chi connectivity index (χ3n) is 6.39. The summed E-state index contributed by atoms with van der Waals surface area (Å²) in [5.74, 6) is 1.20. The second-order valence-electron chi connectivity index (χ2n) is 9.19. The van der Waals surface area contributed by atoms with Crippen molar-refractivity contribution in [3.63, 3.8) is 0 Å². The van der Waals surface area contributed by atoms with Crippen LogP contribution < -0.4 is 14.9 Å². The SMILES string of the molecule is CCOC(=O)C1=C(C)N=c2s/c(=C\c3ccc(-c4ccccc4)o3)c(=O)n2C1c1ccc(C(C)C)cc1. The highest BCUT2D eigenvalue weighted by Crippen LogP contribution is 2.31. The molecule has 6 nitrogen and oxygen atoms in total. The predicted molar refractivity (Wildman–Crippen MR) is 145 cm³/mol. The van der Waals surface area contributed by atoms with Gasteiger partial charge in [0.2, 0.25) is 0 Å².